The number of amides is 1. The number of imidazole rings is 1. The first kappa shape index (κ1) is 27.5. The summed E-state index contributed by atoms with van der Waals surface area (Å²) in [5.41, 5.74) is 2.27. The van der Waals surface area contributed by atoms with E-state index in [1.807, 2.05) is 59.5 Å². The number of nitrogens with zero attached hydrogens (tertiary/aromatic N) is 10. The standard InChI is InChI=1S/C30H30FN11O2/c1-20(21-3-4-24(33-16-21)42-19-23(31)18-35-42)41-13-14-44-30(28(41)43)5-7-39(8-6-30)26-22(15-32)17-34-27-25(26)36-29(37-27)40-11-9-38(2)10-12-40/h3-4,9-12,16-20H,5-8,13-14H2,1-2H3,(H,34,36,37)/t20-/m0/s1. The van der Waals surface area contributed by atoms with E-state index in [1.54, 1.807) is 18.5 Å². The summed E-state index contributed by atoms with van der Waals surface area (Å²) in [5.74, 6) is 0.593. The zero-order valence-electron chi connectivity index (χ0n) is 24.3. The molecular weight excluding hydrogens is 565 g/mol. The first-order chi connectivity index (χ1) is 21.3. The van der Waals surface area contributed by atoms with E-state index in [0.29, 0.717) is 67.6 Å². The Labute approximate surface area is 252 Å². The molecule has 0 aromatic carbocycles. The number of nitriles is 1. The predicted molar refractivity (Wildman–Crippen MR) is 159 cm³/mol. The number of hydrogen-bond donors (Lipinski definition) is 1. The summed E-state index contributed by atoms with van der Waals surface area (Å²) in [6, 6.07) is 5.69. The van der Waals surface area contributed by atoms with E-state index >= 15 is 0 Å². The van der Waals surface area contributed by atoms with Gasteiger partial charge in [0.2, 0.25) is 5.95 Å². The van der Waals surface area contributed by atoms with Crippen LogP contribution in [-0.4, -0.2) is 84.3 Å². The van der Waals surface area contributed by atoms with Gasteiger partial charge in [-0.1, -0.05) is 6.07 Å². The molecule has 13 nitrogen and oxygen atoms in total. The van der Waals surface area contributed by atoms with Gasteiger partial charge >= 0.3 is 0 Å². The molecule has 14 heteroatoms. The Balaban J connectivity index is 1.09. The van der Waals surface area contributed by atoms with Crippen molar-refractivity contribution in [3.8, 4) is 11.9 Å². The average molecular weight is 596 g/mol. The quantitative estimate of drug-likeness (QED) is 0.366. The van der Waals surface area contributed by atoms with E-state index in [-0.39, 0.29) is 11.9 Å². The average Bonchev–Trinajstić information content (AvgIpc) is 3.69. The van der Waals surface area contributed by atoms with Crippen molar-refractivity contribution < 1.29 is 13.9 Å². The van der Waals surface area contributed by atoms with Crippen molar-refractivity contribution in [3.05, 3.63) is 78.7 Å². The van der Waals surface area contributed by atoms with Crippen LogP contribution in [0.15, 0.2) is 61.7 Å². The second kappa shape index (κ2) is 10.8. The van der Waals surface area contributed by atoms with Crippen molar-refractivity contribution in [2.45, 2.75) is 31.4 Å². The molecule has 0 bridgehead atoms. The molecule has 2 fully saturated rings. The maximum Gasteiger partial charge on any atom is 0.255 e. The number of fused-ring (bicyclic) bond motifs is 1. The fraction of sp³-hybridized carbons (Fsp3) is 0.333. The number of carbonyl (C=O) groups excluding carboxylic acids is 1. The molecule has 224 valence electrons. The number of piperidine rings is 1. The van der Waals surface area contributed by atoms with Gasteiger partial charge in [-0.2, -0.15) is 15.3 Å². The number of nitrogens with one attached hydrogen (secondary N) is 1. The number of aromatic nitrogens is 6. The monoisotopic (exact) mass is 595 g/mol. The van der Waals surface area contributed by atoms with E-state index in [9.17, 15) is 14.4 Å². The topological polar surface area (TPSA) is 135 Å². The Hall–Kier alpha value is -5.29. The van der Waals surface area contributed by atoms with Crippen LogP contribution in [0.2, 0.25) is 0 Å². The van der Waals surface area contributed by atoms with Gasteiger partial charge in [0.05, 0.1) is 36.3 Å². The smallest absolute Gasteiger partial charge is 0.255 e. The highest BCUT2D eigenvalue weighted by atomic mass is 19.1. The normalized spacial score (nSPS) is 18.8. The van der Waals surface area contributed by atoms with Crippen molar-refractivity contribution in [1.29, 1.82) is 5.26 Å². The van der Waals surface area contributed by atoms with Crippen LogP contribution in [0.25, 0.3) is 17.0 Å². The summed E-state index contributed by atoms with van der Waals surface area (Å²) < 4.78 is 21.0. The molecular formula is C30H30FN11O2. The van der Waals surface area contributed by atoms with Gasteiger partial charge in [-0.15, -0.1) is 0 Å². The molecule has 44 heavy (non-hydrogen) atoms. The third-order valence-electron chi connectivity index (χ3n) is 8.52. The minimum atomic E-state index is -0.948. The highest BCUT2D eigenvalue weighted by Gasteiger charge is 2.48. The van der Waals surface area contributed by atoms with Crippen molar-refractivity contribution in [2.75, 3.05) is 43.1 Å². The lowest BCUT2D eigenvalue weighted by atomic mass is 9.87. The molecule has 4 aromatic rings. The zero-order chi connectivity index (χ0) is 30.4. The summed E-state index contributed by atoms with van der Waals surface area (Å²) in [4.78, 5) is 38.6. The van der Waals surface area contributed by atoms with E-state index in [1.165, 1.54) is 10.9 Å². The van der Waals surface area contributed by atoms with Crippen LogP contribution in [0.3, 0.4) is 0 Å². The van der Waals surface area contributed by atoms with Gasteiger partial charge in [0.15, 0.2) is 17.3 Å². The molecule has 7 rings (SSSR count). The van der Waals surface area contributed by atoms with Crippen LogP contribution in [0, 0.1) is 17.1 Å². The molecule has 1 N–H and O–H groups in total. The number of hydrogen-bond acceptors (Lipinski definition) is 10. The molecule has 3 aliphatic heterocycles. The summed E-state index contributed by atoms with van der Waals surface area (Å²) in [7, 11) is 1.94. The number of morpholine rings is 1. The Morgan fingerprint density at radius 3 is 2.57 bits per heavy atom. The van der Waals surface area contributed by atoms with Crippen molar-refractivity contribution in [2.24, 2.45) is 0 Å². The predicted octanol–water partition coefficient (Wildman–Crippen LogP) is 3.20. The zero-order valence-corrected chi connectivity index (χ0v) is 24.3. The molecule has 0 unspecified atom stereocenters. The van der Waals surface area contributed by atoms with Crippen molar-refractivity contribution in [3.63, 3.8) is 0 Å². The molecule has 1 spiro atoms. The lowest BCUT2D eigenvalue weighted by Gasteiger charge is -2.48. The number of rotatable bonds is 5. The lowest BCUT2D eigenvalue weighted by Crippen LogP contribution is -2.61. The van der Waals surface area contributed by atoms with E-state index in [2.05, 4.69) is 36.0 Å². The third-order valence-corrected chi connectivity index (χ3v) is 8.52. The number of ether oxygens (including phenoxy) is 1. The summed E-state index contributed by atoms with van der Waals surface area (Å²) >= 11 is 0. The third kappa shape index (κ3) is 4.71. The second-order valence-electron chi connectivity index (χ2n) is 11.1. The first-order valence-electron chi connectivity index (χ1n) is 14.4. The maximum absolute atomic E-state index is 14.0. The first-order valence-corrected chi connectivity index (χ1v) is 14.4. The molecule has 0 saturated carbocycles. The molecule has 7 heterocycles. The van der Waals surface area contributed by atoms with Crippen LogP contribution in [0.1, 0.15) is 36.9 Å². The van der Waals surface area contributed by atoms with Crippen molar-refractivity contribution in [1.82, 2.24) is 39.5 Å². The Bertz CT molecular complexity index is 1800. The second-order valence-corrected chi connectivity index (χ2v) is 11.1. The van der Waals surface area contributed by atoms with Gasteiger partial charge in [0.25, 0.3) is 5.91 Å². The number of carbonyl (C=O) groups is 1. The largest absolute Gasteiger partial charge is 0.368 e. The van der Waals surface area contributed by atoms with Crippen molar-refractivity contribution >= 4 is 28.7 Å². The van der Waals surface area contributed by atoms with Crippen LogP contribution < -0.4 is 9.80 Å². The van der Waals surface area contributed by atoms with Gasteiger partial charge in [-0.25, -0.2) is 19.0 Å². The molecule has 3 aliphatic rings. The number of halogens is 1. The summed E-state index contributed by atoms with van der Waals surface area (Å²) in [6.45, 7) is 3.90. The molecule has 2 saturated heterocycles. The van der Waals surface area contributed by atoms with Crippen LogP contribution in [0.4, 0.5) is 16.0 Å². The van der Waals surface area contributed by atoms with Gasteiger partial charge in [-0.05, 0) is 18.6 Å². The highest BCUT2D eigenvalue weighted by molar-refractivity contribution is 5.92. The lowest BCUT2D eigenvalue weighted by molar-refractivity contribution is -0.178. The molecule has 0 radical (unpaired) electrons. The fourth-order valence-electron chi connectivity index (χ4n) is 6.03. The Morgan fingerprint density at radius 2 is 1.89 bits per heavy atom. The van der Waals surface area contributed by atoms with Crippen LogP contribution in [0.5, 0.6) is 0 Å². The van der Waals surface area contributed by atoms with Gasteiger partial charge < -0.3 is 24.4 Å². The van der Waals surface area contributed by atoms with Gasteiger partial charge in [0.1, 0.15) is 17.2 Å². The molecule has 0 aliphatic carbocycles. The number of anilines is 2. The van der Waals surface area contributed by atoms with E-state index < -0.39 is 11.4 Å². The van der Waals surface area contributed by atoms with E-state index in [0.717, 1.165) is 17.4 Å². The van der Waals surface area contributed by atoms with Crippen LogP contribution >= 0.6 is 0 Å². The summed E-state index contributed by atoms with van der Waals surface area (Å²) in [5, 5.41) is 13.9. The Kier molecular flexibility index (Phi) is 6.74. The number of aromatic amines is 1. The minimum Gasteiger partial charge on any atom is -0.368 e. The van der Waals surface area contributed by atoms with E-state index in [4.69, 9.17) is 4.74 Å². The molecule has 1 atom stereocenters. The number of H-pyrrole nitrogens is 1. The maximum atomic E-state index is 14.0. The highest BCUT2D eigenvalue weighted by Crippen LogP contribution is 2.38. The SMILES string of the molecule is C[C@@H](c1ccc(-n2cc(F)cn2)nc1)N1CCOC2(CCN(c3c(C#N)cnc4nc(N5C=CN(C)C=C5)[nH]c34)CC2)C1=O. The van der Waals surface area contributed by atoms with Gasteiger partial charge in [0, 0.05) is 76.7 Å². The Morgan fingerprint density at radius 1 is 1.09 bits per heavy atom. The summed E-state index contributed by atoms with van der Waals surface area (Å²) in [6.07, 6.45) is 14.2. The van der Waals surface area contributed by atoms with Crippen LogP contribution in [-0.2, 0) is 9.53 Å². The number of pyridine rings is 2. The fourth-order valence-corrected chi connectivity index (χ4v) is 6.03. The molecule has 4 aromatic heterocycles. The molecule has 1 amide bonds. The van der Waals surface area contributed by atoms with Gasteiger partial charge in [-0.3, -0.25) is 9.69 Å². The minimum absolute atomic E-state index is 0.0491.